The lowest BCUT2D eigenvalue weighted by atomic mass is 9.85. The Balaban J connectivity index is 1.96. The van der Waals surface area contributed by atoms with Crippen molar-refractivity contribution >= 4 is 0 Å². The number of aliphatic hydroxyl groups is 1. The quantitative estimate of drug-likeness (QED) is 0.779. The van der Waals surface area contributed by atoms with E-state index in [-0.39, 0.29) is 12.1 Å². The number of fused-ring (bicyclic) bond motifs is 1. The van der Waals surface area contributed by atoms with Crippen LogP contribution in [0.4, 0.5) is 0 Å². The molecular weight excluding hydrogens is 198 g/mol. The number of likely N-dealkylation sites (tertiary alicyclic amines) is 1. The Morgan fingerprint density at radius 1 is 1.12 bits per heavy atom. The van der Waals surface area contributed by atoms with Gasteiger partial charge in [0.2, 0.25) is 0 Å². The number of rotatable bonds is 1. The normalized spacial score (nSPS) is 30.3. The van der Waals surface area contributed by atoms with Crippen LogP contribution < -0.4 is 0 Å². The third-order valence-corrected chi connectivity index (χ3v) is 3.98. The van der Waals surface area contributed by atoms with E-state index in [0.29, 0.717) is 0 Å². The first kappa shape index (κ1) is 10.3. The second-order valence-electron chi connectivity index (χ2n) is 4.99. The second kappa shape index (κ2) is 4.19. The van der Waals surface area contributed by atoms with Crippen LogP contribution in [0.15, 0.2) is 24.3 Å². The topological polar surface area (TPSA) is 23.5 Å². The highest BCUT2D eigenvalue weighted by molar-refractivity contribution is 5.33. The van der Waals surface area contributed by atoms with Crippen LogP contribution in [-0.2, 0) is 6.42 Å². The summed E-state index contributed by atoms with van der Waals surface area (Å²) in [5.41, 5.74) is 2.80. The molecule has 0 amide bonds. The lowest BCUT2D eigenvalue weighted by Crippen LogP contribution is -2.38. The van der Waals surface area contributed by atoms with Gasteiger partial charge >= 0.3 is 0 Å². The van der Waals surface area contributed by atoms with Crippen molar-refractivity contribution in [3.8, 4) is 0 Å². The van der Waals surface area contributed by atoms with E-state index in [1.165, 1.54) is 24.0 Å². The van der Waals surface area contributed by atoms with Crippen LogP contribution in [0.25, 0.3) is 0 Å². The van der Waals surface area contributed by atoms with Crippen LogP contribution >= 0.6 is 0 Å². The van der Waals surface area contributed by atoms with Gasteiger partial charge in [0.05, 0.1) is 12.1 Å². The Kier molecular flexibility index (Phi) is 2.70. The van der Waals surface area contributed by atoms with E-state index in [1.807, 2.05) is 0 Å². The van der Waals surface area contributed by atoms with E-state index >= 15 is 0 Å². The monoisotopic (exact) mass is 217 g/mol. The van der Waals surface area contributed by atoms with Crippen molar-refractivity contribution in [1.82, 2.24) is 4.90 Å². The molecule has 1 aromatic rings. The smallest absolute Gasteiger partial charge is 0.0740 e. The van der Waals surface area contributed by atoms with Crippen molar-refractivity contribution in [2.75, 3.05) is 13.1 Å². The summed E-state index contributed by atoms with van der Waals surface area (Å²) in [6.45, 7) is 2.30. The van der Waals surface area contributed by atoms with Gasteiger partial charge in [-0.2, -0.15) is 0 Å². The van der Waals surface area contributed by atoms with E-state index in [0.717, 1.165) is 25.9 Å². The molecule has 2 heteroatoms. The molecule has 2 atom stereocenters. The van der Waals surface area contributed by atoms with Crippen LogP contribution in [0.1, 0.15) is 36.4 Å². The average molecular weight is 217 g/mol. The van der Waals surface area contributed by atoms with Crippen molar-refractivity contribution < 1.29 is 5.11 Å². The summed E-state index contributed by atoms with van der Waals surface area (Å²) in [4.78, 5) is 2.46. The van der Waals surface area contributed by atoms with Crippen LogP contribution in [-0.4, -0.2) is 29.2 Å². The van der Waals surface area contributed by atoms with Crippen molar-refractivity contribution in [2.45, 2.75) is 37.8 Å². The summed E-state index contributed by atoms with van der Waals surface area (Å²) in [5.74, 6) is 0. The largest absolute Gasteiger partial charge is 0.391 e. The predicted octanol–water partition coefficient (Wildman–Crippen LogP) is 2.13. The zero-order valence-corrected chi connectivity index (χ0v) is 9.60. The molecule has 1 aliphatic heterocycles. The van der Waals surface area contributed by atoms with E-state index < -0.39 is 0 Å². The molecule has 1 saturated heterocycles. The summed E-state index contributed by atoms with van der Waals surface area (Å²) in [6.07, 6.45) is 4.34. The Labute approximate surface area is 96.9 Å². The first-order chi connectivity index (χ1) is 7.86. The summed E-state index contributed by atoms with van der Waals surface area (Å²) in [7, 11) is 0. The summed E-state index contributed by atoms with van der Waals surface area (Å²) >= 11 is 0. The van der Waals surface area contributed by atoms with Gasteiger partial charge in [-0.3, -0.25) is 4.90 Å². The molecule has 0 radical (unpaired) electrons. The molecule has 0 unspecified atom stereocenters. The lowest BCUT2D eigenvalue weighted by Gasteiger charge is -2.36. The summed E-state index contributed by atoms with van der Waals surface area (Å²) in [6, 6.07) is 8.87. The molecule has 86 valence electrons. The molecule has 0 bridgehead atoms. The zero-order chi connectivity index (χ0) is 11.0. The molecular formula is C14H19NO. The molecule has 2 aliphatic rings. The Hall–Kier alpha value is -0.860. The van der Waals surface area contributed by atoms with Crippen molar-refractivity contribution in [3.63, 3.8) is 0 Å². The molecule has 2 nitrogen and oxygen atoms in total. The van der Waals surface area contributed by atoms with E-state index in [1.54, 1.807) is 0 Å². The molecule has 3 rings (SSSR count). The highest BCUT2D eigenvalue weighted by atomic mass is 16.3. The van der Waals surface area contributed by atoms with Crippen LogP contribution in [0.2, 0.25) is 0 Å². The van der Waals surface area contributed by atoms with Gasteiger partial charge in [0.1, 0.15) is 0 Å². The van der Waals surface area contributed by atoms with Gasteiger partial charge in [-0.15, -0.1) is 0 Å². The Bertz CT molecular complexity index is 371. The van der Waals surface area contributed by atoms with E-state index in [2.05, 4.69) is 29.2 Å². The number of aryl methyl sites for hydroxylation is 1. The van der Waals surface area contributed by atoms with Gasteiger partial charge < -0.3 is 5.11 Å². The lowest BCUT2D eigenvalue weighted by molar-refractivity contribution is 0.0479. The fourth-order valence-electron chi connectivity index (χ4n) is 3.18. The van der Waals surface area contributed by atoms with E-state index in [4.69, 9.17) is 0 Å². The molecule has 16 heavy (non-hydrogen) atoms. The van der Waals surface area contributed by atoms with Crippen LogP contribution in [0.5, 0.6) is 0 Å². The minimum absolute atomic E-state index is 0.173. The zero-order valence-electron chi connectivity index (χ0n) is 9.60. The fraction of sp³-hybridized carbons (Fsp3) is 0.571. The first-order valence-corrected chi connectivity index (χ1v) is 6.36. The minimum Gasteiger partial charge on any atom is -0.391 e. The van der Waals surface area contributed by atoms with Gasteiger partial charge in [0, 0.05) is 0 Å². The summed E-state index contributed by atoms with van der Waals surface area (Å²) < 4.78 is 0. The molecule has 0 saturated carbocycles. The fourth-order valence-corrected chi connectivity index (χ4v) is 3.18. The Morgan fingerprint density at radius 3 is 2.69 bits per heavy atom. The van der Waals surface area contributed by atoms with Gasteiger partial charge in [0.25, 0.3) is 0 Å². The average Bonchev–Trinajstić information content (AvgIpc) is 2.82. The molecule has 1 aliphatic carbocycles. The maximum absolute atomic E-state index is 10.2. The number of nitrogens with zero attached hydrogens (tertiary/aromatic N) is 1. The number of benzene rings is 1. The standard InChI is InChI=1S/C14H19NO/c16-13-8-7-11-5-1-2-6-12(11)14(13)15-9-3-4-10-15/h1-2,5-6,13-14,16H,3-4,7-10H2/t13-,14-/m1/s1. The van der Waals surface area contributed by atoms with Crippen LogP contribution in [0.3, 0.4) is 0 Å². The molecule has 1 heterocycles. The minimum atomic E-state index is -0.173. The number of aliphatic hydroxyl groups excluding tert-OH is 1. The Morgan fingerprint density at radius 2 is 1.88 bits per heavy atom. The van der Waals surface area contributed by atoms with E-state index in [9.17, 15) is 5.11 Å². The molecule has 1 N–H and O–H groups in total. The van der Waals surface area contributed by atoms with Crippen LogP contribution in [0, 0.1) is 0 Å². The SMILES string of the molecule is O[C@@H]1CCc2ccccc2[C@H]1N1CCCC1. The third-order valence-electron chi connectivity index (χ3n) is 3.98. The van der Waals surface area contributed by atoms with Gasteiger partial charge in [-0.25, -0.2) is 0 Å². The van der Waals surface area contributed by atoms with Gasteiger partial charge in [-0.05, 0) is 49.9 Å². The highest BCUT2D eigenvalue weighted by Gasteiger charge is 2.33. The van der Waals surface area contributed by atoms with Crippen molar-refractivity contribution in [3.05, 3.63) is 35.4 Å². The molecule has 1 fully saturated rings. The third kappa shape index (κ3) is 1.66. The van der Waals surface area contributed by atoms with Crippen molar-refractivity contribution in [2.24, 2.45) is 0 Å². The van der Waals surface area contributed by atoms with Crippen molar-refractivity contribution in [1.29, 1.82) is 0 Å². The maximum atomic E-state index is 10.2. The number of hydrogen-bond acceptors (Lipinski definition) is 2. The summed E-state index contributed by atoms with van der Waals surface area (Å²) in [5, 5.41) is 10.2. The highest BCUT2D eigenvalue weighted by Crippen LogP contribution is 2.36. The maximum Gasteiger partial charge on any atom is 0.0740 e. The second-order valence-corrected chi connectivity index (χ2v) is 4.99. The molecule has 1 aromatic carbocycles. The molecule has 0 spiro atoms. The number of hydrogen-bond donors (Lipinski definition) is 1. The predicted molar refractivity (Wildman–Crippen MR) is 64.3 cm³/mol. The molecule has 0 aromatic heterocycles. The first-order valence-electron chi connectivity index (χ1n) is 6.36. The van der Waals surface area contributed by atoms with Gasteiger partial charge in [-0.1, -0.05) is 24.3 Å². The van der Waals surface area contributed by atoms with Gasteiger partial charge in [0.15, 0.2) is 0 Å².